The van der Waals surface area contributed by atoms with Crippen molar-refractivity contribution >= 4 is 11.6 Å². The summed E-state index contributed by atoms with van der Waals surface area (Å²) in [7, 11) is 0. The zero-order chi connectivity index (χ0) is 13.9. The molecule has 2 atom stereocenters. The Balaban J connectivity index is 1.73. The molecule has 3 rings (SSSR count). The van der Waals surface area contributed by atoms with Gasteiger partial charge in [-0.15, -0.1) is 0 Å². The molecule has 5 heteroatoms. The Hall–Kier alpha value is -1.36. The van der Waals surface area contributed by atoms with Crippen LogP contribution in [-0.2, 0) is 4.74 Å². The topological polar surface area (TPSA) is 59.1 Å². The van der Waals surface area contributed by atoms with Gasteiger partial charge in [-0.3, -0.25) is 0 Å². The minimum absolute atomic E-state index is 0.286. The molecular weight excluding hydrogens is 252 g/mol. The van der Waals surface area contributed by atoms with E-state index in [-0.39, 0.29) is 6.04 Å². The number of nitrogens with one attached hydrogen (secondary N) is 2. The lowest BCUT2D eigenvalue weighted by atomic mass is 10.1. The van der Waals surface area contributed by atoms with Crippen LogP contribution in [0.25, 0.3) is 0 Å². The van der Waals surface area contributed by atoms with Gasteiger partial charge in [-0.2, -0.15) is 0 Å². The van der Waals surface area contributed by atoms with Gasteiger partial charge in [0.05, 0.1) is 12.1 Å². The highest BCUT2D eigenvalue weighted by atomic mass is 16.5. The molecule has 0 aromatic carbocycles. The van der Waals surface area contributed by atoms with Crippen molar-refractivity contribution in [3.63, 3.8) is 0 Å². The van der Waals surface area contributed by atoms with Crippen LogP contribution >= 0.6 is 0 Å². The van der Waals surface area contributed by atoms with Crippen LogP contribution in [0.5, 0.6) is 0 Å². The molecule has 1 aromatic rings. The predicted molar refractivity (Wildman–Crippen MR) is 80.2 cm³/mol. The van der Waals surface area contributed by atoms with Gasteiger partial charge < -0.3 is 15.4 Å². The highest BCUT2D eigenvalue weighted by molar-refractivity contribution is 5.48. The minimum Gasteiger partial charge on any atom is -0.376 e. The Kier molecular flexibility index (Phi) is 4.05. The average Bonchev–Trinajstić information content (AvgIpc) is 3.13. The van der Waals surface area contributed by atoms with Gasteiger partial charge >= 0.3 is 0 Å². The monoisotopic (exact) mass is 276 g/mol. The van der Waals surface area contributed by atoms with Gasteiger partial charge in [-0.1, -0.05) is 0 Å². The first-order valence-electron chi connectivity index (χ1n) is 7.77. The third-order valence-electron chi connectivity index (χ3n) is 3.94. The number of hydrogen-bond donors (Lipinski definition) is 2. The Bertz CT molecular complexity index is 455. The van der Waals surface area contributed by atoms with Crippen molar-refractivity contribution in [1.29, 1.82) is 0 Å². The fourth-order valence-corrected chi connectivity index (χ4v) is 2.66. The summed E-state index contributed by atoms with van der Waals surface area (Å²) in [6.45, 7) is 6.01. The largest absolute Gasteiger partial charge is 0.376 e. The Morgan fingerprint density at radius 2 is 2.10 bits per heavy atom. The van der Waals surface area contributed by atoms with E-state index in [0.717, 1.165) is 43.5 Å². The van der Waals surface area contributed by atoms with E-state index in [2.05, 4.69) is 34.4 Å². The lowest BCUT2D eigenvalue weighted by molar-refractivity contribution is 0.0995. The SMILES string of the molecule is CCNc1cc(NC(C)C2CCCO2)nc(C2CC2)n1. The van der Waals surface area contributed by atoms with Gasteiger partial charge in [0.2, 0.25) is 0 Å². The summed E-state index contributed by atoms with van der Waals surface area (Å²) in [6.07, 6.45) is 5.04. The molecule has 0 spiro atoms. The van der Waals surface area contributed by atoms with Crippen molar-refractivity contribution in [3.8, 4) is 0 Å². The molecule has 2 heterocycles. The Morgan fingerprint density at radius 1 is 1.30 bits per heavy atom. The van der Waals surface area contributed by atoms with Crippen LogP contribution in [0.3, 0.4) is 0 Å². The second-order valence-corrected chi connectivity index (χ2v) is 5.79. The first-order valence-corrected chi connectivity index (χ1v) is 7.77. The molecule has 1 aliphatic carbocycles. The quantitative estimate of drug-likeness (QED) is 0.836. The van der Waals surface area contributed by atoms with Crippen LogP contribution < -0.4 is 10.6 Å². The molecule has 2 fully saturated rings. The van der Waals surface area contributed by atoms with E-state index in [1.807, 2.05) is 6.07 Å². The molecule has 2 unspecified atom stereocenters. The molecule has 2 aliphatic rings. The summed E-state index contributed by atoms with van der Waals surface area (Å²) in [4.78, 5) is 9.27. The average molecular weight is 276 g/mol. The van der Waals surface area contributed by atoms with Gasteiger partial charge in [0, 0.05) is 25.1 Å². The van der Waals surface area contributed by atoms with Crippen molar-refractivity contribution in [2.75, 3.05) is 23.8 Å². The molecule has 1 saturated heterocycles. The molecule has 5 nitrogen and oxygen atoms in total. The fourth-order valence-electron chi connectivity index (χ4n) is 2.66. The maximum Gasteiger partial charge on any atom is 0.136 e. The van der Waals surface area contributed by atoms with Gasteiger partial charge in [-0.25, -0.2) is 9.97 Å². The molecule has 0 radical (unpaired) electrons. The maximum atomic E-state index is 5.73. The van der Waals surface area contributed by atoms with Crippen molar-refractivity contribution in [3.05, 3.63) is 11.9 Å². The normalized spacial score (nSPS) is 23.6. The summed E-state index contributed by atoms with van der Waals surface area (Å²) < 4.78 is 5.73. The van der Waals surface area contributed by atoms with Crippen LogP contribution in [0.2, 0.25) is 0 Å². The molecule has 110 valence electrons. The zero-order valence-electron chi connectivity index (χ0n) is 12.4. The summed E-state index contributed by atoms with van der Waals surface area (Å²) in [5, 5.41) is 6.78. The van der Waals surface area contributed by atoms with E-state index < -0.39 is 0 Å². The number of nitrogens with zero attached hydrogens (tertiary/aromatic N) is 2. The standard InChI is InChI=1S/C15H24N4O/c1-3-16-13-9-14(19-15(18-13)11-6-7-11)17-10(2)12-5-4-8-20-12/h9-12H,3-8H2,1-2H3,(H2,16,17,18,19). The molecule has 0 bridgehead atoms. The Morgan fingerprint density at radius 3 is 2.75 bits per heavy atom. The summed E-state index contributed by atoms with van der Waals surface area (Å²) in [6, 6.07) is 2.29. The first-order chi connectivity index (χ1) is 9.76. The third kappa shape index (κ3) is 3.20. The molecule has 1 aliphatic heterocycles. The van der Waals surface area contributed by atoms with Crippen LogP contribution in [0.1, 0.15) is 51.3 Å². The number of anilines is 2. The number of ether oxygens (including phenoxy) is 1. The van der Waals surface area contributed by atoms with Crippen molar-refractivity contribution in [2.24, 2.45) is 0 Å². The van der Waals surface area contributed by atoms with E-state index >= 15 is 0 Å². The van der Waals surface area contributed by atoms with Gasteiger partial charge in [0.25, 0.3) is 0 Å². The second kappa shape index (κ2) is 5.95. The van der Waals surface area contributed by atoms with Gasteiger partial charge in [0.1, 0.15) is 17.5 Å². The summed E-state index contributed by atoms with van der Waals surface area (Å²) >= 11 is 0. The Labute approximate surface area is 120 Å². The van der Waals surface area contributed by atoms with E-state index in [0.29, 0.717) is 12.0 Å². The van der Waals surface area contributed by atoms with Crippen LogP contribution in [0, 0.1) is 0 Å². The molecule has 2 N–H and O–H groups in total. The molecule has 0 amide bonds. The second-order valence-electron chi connectivity index (χ2n) is 5.79. The van der Waals surface area contributed by atoms with E-state index in [4.69, 9.17) is 4.74 Å². The van der Waals surface area contributed by atoms with Crippen molar-refractivity contribution < 1.29 is 4.74 Å². The highest BCUT2D eigenvalue weighted by Crippen LogP contribution is 2.39. The molecule has 20 heavy (non-hydrogen) atoms. The van der Waals surface area contributed by atoms with E-state index in [1.54, 1.807) is 0 Å². The zero-order valence-corrected chi connectivity index (χ0v) is 12.4. The number of hydrogen-bond acceptors (Lipinski definition) is 5. The maximum absolute atomic E-state index is 5.73. The lowest BCUT2D eigenvalue weighted by Crippen LogP contribution is -2.30. The number of rotatable bonds is 6. The van der Waals surface area contributed by atoms with Crippen molar-refractivity contribution in [2.45, 2.75) is 57.6 Å². The van der Waals surface area contributed by atoms with Gasteiger partial charge in [-0.05, 0) is 39.5 Å². The summed E-state index contributed by atoms with van der Waals surface area (Å²) in [5.74, 6) is 3.38. The van der Waals surface area contributed by atoms with Crippen LogP contribution in [-0.4, -0.2) is 35.3 Å². The first kappa shape index (κ1) is 13.6. The molecular formula is C15H24N4O. The van der Waals surface area contributed by atoms with Crippen molar-refractivity contribution in [1.82, 2.24) is 9.97 Å². The summed E-state index contributed by atoms with van der Waals surface area (Å²) in [5.41, 5.74) is 0. The van der Waals surface area contributed by atoms with Gasteiger partial charge in [0.15, 0.2) is 0 Å². The fraction of sp³-hybridized carbons (Fsp3) is 0.733. The molecule has 1 aromatic heterocycles. The number of aromatic nitrogens is 2. The highest BCUT2D eigenvalue weighted by Gasteiger charge is 2.28. The predicted octanol–water partition coefficient (Wildman–Crippen LogP) is 2.77. The smallest absolute Gasteiger partial charge is 0.136 e. The van der Waals surface area contributed by atoms with E-state index in [1.165, 1.54) is 12.8 Å². The minimum atomic E-state index is 0.286. The lowest BCUT2D eigenvalue weighted by Gasteiger charge is -2.21. The van der Waals surface area contributed by atoms with Crippen LogP contribution in [0.4, 0.5) is 11.6 Å². The van der Waals surface area contributed by atoms with E-state index in [9.17, 15) is 0 Å². The van der Waals surface area contributed by atoms with Crippen LogP contribution in [0.15, 0.2) is 6.07 Å². The molecule has 1 saturated carbocycles. The third-order valence-corrected chi connectivity index (χ3v) is 3.94.